The molecule has 0 spiro atoms. The van der Waals surface area contributed by atoms with Crippen LogP contribution in [-0.2, 0) is 14.8 Å². The van der Waals surface area contributed by atoms with Gasteiger partial charge < -0.3 is 10.0 Å². The van der Waals surface area contributed by atoms with Crippen molar-refractivity contribution in [3.8, 4) is 23.1 Å². The molecule has 2 aromatic carbocycles. The average molecular weight is 684 g/mol. The number of carbonyl (C=O) groups is 3. The summed E-state index contributed by atoms with van der Waals surface area (Å²) < 4.78 is 25.6. The van der Waals surface area contributed by atoms with Gasteiger partial charge in [-0.15, -0.1) is 12.4 Å². The fraction of sp³-hybridized carbons (Fsp3) is 0.194. The Hall–Kier alpha value is -4.74. The molecule has 4 aromatic rings. The van der Waals surface area contributed by atoms with Crippen molar-refractivity contribution in [2.45, 2.75) is 25.3 Å². The molecular weight excluding hydrogens is 655 g/mol. The van der Waals surface area contributed by atoms with Gasteiger partial charge in [0.2, 0.25) is 10.0 Å². The van der Waals surface area contributed by atoms with Gasteiger partial charge in [-0.05, 0) is 55.7 Å². The number of rotatable bonds is 6. The summed E-state index contributed by atoms with van der Waals surface area (Å²) in [5, 5.41) is 10.2. The van der Waals surface area contributed by atoms with E-state index < -0.39 is 27.9 Å². The van der Waals surface area contributed by atoms with Crippen molar-refractivity contribution in [1.29, 1.82) is 0 Å². The van der Waals surface area contributed by atoms with Crippen molar-refractivity contribution >= 4 is 68.5 Å². The lowest BCUT2D eigenvalue weighted by molar-refractivity contribution is -0.143. The molecule has 0 saturated carbocycles. The molecule has 2 aromatic heterocycles. The molecule has 1 aliphatic heterocycles. The third-order valence-electron chi connectivity index (χ3n) is 7.15. The monoisotopic (exact) mass is 682 g/mol. The third-order valence-corrected chi connectivity index (χ3v) is 8.04. The van der Waals surface area contributed by atoms with Gasteiger partial charge in [-0.3, -0.25) is 19.7 Å². The summed E-state index contributed by atoms with van der Waals surface area (Å²) in [5.74, 6) is 9.49. The first-order chi connectivity index (χ1) is 21.4. The number of nitrogens with two attached hydrogens (primary N) is 1. The lowest BCUT2D eigenvalue weighted by atomic mass is 10.0. The van der Waals surface area contributed by atoms with Crippen LogP contribution in [0.15, 0.2) is 60.8 Å². The second-order valence-electron chi connectivity index (χ2n) is 10.4. The van der Waals surface area contributed by atoms with E-state index in [4.69, 9.17) is 17.4 Å². The number of aliphatic carboxylic acids is 1. The molecular formula is C31H28Cl2N6O6S. The van der Waals surface area contributed by atoms with Gasteiger partial charge in [0.15, 0.2) is 0 Å². The van der Waals surface area contributed by atoms with E-state index in [9.17, 15) is 27.9 Å². The van der Waals surface area contributed by atoms with Crippen LogP contribution in [0.5, 0.6) is 0 Å². The summed E-state index contributed by atoms with van der Waals surface area (Å²) in [6, 6.07) is 13.9. The van der Waals surface area contributed by atoms with Gasteiger partial charge in [0.25, 0.3) is 11.8 Å². The van der Waals surface area contributed by atoms with E-state index in [2.05, 4.69) is 32.0 Å². The van der Waals surface area contributed by atoms with Crippen molar-refractivity contribution in [3.05, 3.63) is 88.1 Å². The number of anilines is 1. The topological polar surface area (TPSA) is 185 Å². The zero-order chi connectivity index (χ0) is 32.3. The van der Waals surface area contributed by atoms with Gasteiger partial charge in [0, 0.05) is 46.4 Å². The van der Waals surface area contributed by atoms with Crippen molar-refractivity contribution in [2.24, 2.45) is 5.84 Å². The lowest BCUT2D eigenvalue weighted by Gasteiger charge is -2.33. The predicted molar refractivity (Wildman–Crippen MR) is 176 cm³/mol. The zero-order valence-electron chi connectivity index (χ0n) is 24.3. The van der Waals surface area contributed by atoms with Gasteiger partial charge >= 0.3 is 5.97 Å². The summed E-state index contributed by atoms with van der Waals surface area (Å²) in [4.78, 5) is 47.2. The number of carboxylic acids is 1. The van der Waals surface area contributed by atoms with E-state index in [1.54, 1.807) is 42.5 Å². The molecule has 0 aliphatic carbocycles. The van der Waals surface area contributed by atoms with Crippen molar-refractivity contribution in [1.82, 2.24) is 20.3 Å². The molecule has 1 saturated heterocycles. The molecule has 1 fully saturated rings. The maximum absolute atomic E-state index is 13.0. The van der Waals surface area contributed by atoms with Crippen LogP contribution in [0, 0.1) is 11.8 Å². The Morgan fingerprint density at radius 2 is 1.80 bits per heavy atom. The summed E-state index contributed by atoms with van der Waals surface area (Å²) in [5.41, 5.74) is 5.15. The Bertz CT molecular complexity index is 2010. The summed E-state index contributed by atoms with van der Waals surface area (Å²) in [7, 11) is -3.59. The molecule has 0 bridgehead atoms. The highest BCUT2D eigenvalue weighted by atomic mass is 35.5. The number of halogens is 2. The van der Waals surface area contributed by atoms with E-state index in [1.165, 1.54) is 23.2 Å². The van der Waals surface area contributed by atoms with Gasteiger partial charge in [-0.2, -0.15) is 0 Å². The first kappa shape index (κ1) is 34.1. The number of hydrogen-bond donors (Lipinski definition) is 4. The fourth-order valence-electron chi connectivity index (χ4n) is 4.99. The quantitative estimate of drug-likeness (QED) is 0.102. The Morgan fingerprint density at radius 1 is 1.07 bits per heavy atom. The number of hydrazine groups is 1. The number of aromatic nitrogens is 2. The molecule has 2 amide bonds. The Balaban J connectivity index is 0.00000480. The standard InChI is InChI=1S/C31H27ClN6O6S.ClH/c1-45(43,44)37-28-16-26-23(17-34-28)22(29(39)36-33)15-25(35-26)20-9-6-18(7-10-20)5-8-19-11-12-21(14-24(19)32)30(40)38-13-3-2-4-27(38)31(41)42;/h6-7,9-12,14-17,27H,2-4,13,33H2,1H3,(H,34,37)(H,36,39)(H,41,42);1H/t27-;/m0./s1. The lowest BCUT2D eigenvalue weighted by Crippen LogP contribution is -2.47. The highest BCUT2D eigenvalue weighted by molar-refractivity contribution is 7.92. The number of carboxylic acid groups (broad SMARTS) is 1. The minimum atomic E-state index is -3.59. The number of carbonyl (C=O) groups excluding carboxylic acids is 2. The summed E-state index contributed by atoms with van der Waals surface area (Å²) >= 11 is 6.45. The second kappa shape index (κ2) is 14.1. The highest BCUT2D eigenvalue weighted by Gasteiger charge is 2.32. The first-order valence-corrected chi connectivity index (χ1v) is 16.0. The van der Waals surface area contributed by atoms with Crippen LogP contribution in [0.2, 0.25) is 5.02 Å². The number of sulfonamides is 1. The van der Waals surface area contributed by atoms with Crippen molar-refractivity contribution in [3.63, 3.8) is 0 Å². The normalized spacial score (nSPS) is 14.4. The molecule has 5 rings (SSSR count). The minimum absolute atomic E-state index is 0. The molecule has 0 unspecified atom stereocenters. The number of benzene rings is 2. The maximum atomic E-state index is 13.0. The number of piperidine rings is 1. The van der Waals surface area contributed by atoms with Crippen LogP contribution in [0.1, 0.15) is 51.1 Å². The summed E-state index contributed by atoms with van der Waals surface area (Å²) in [6.07, 6.45) is 4.26. The Morgan fingerprint density at radius 3 is 2.46 bits per heavy atom. The minimum Gasteiger partial charge on any atom is -0.480 e. The molecule has 1 aliphatic rings. The van der Waals surface area contributed by atoms with Crippen LogP contribution in [0.25, 0.3) is 22.2 Å². The van der Waals surface area contributed by atoms with Crippen molar-refractivity contribution < 1.29 is 27.9 Å². The molecule has 238 valence electrons. The predicted octanol–water partition coefficient (Wildman–Crippen LogP) is 3.83. The molecule has 12 nitrogen and oxygen atoms in total. The van der Waals surface area contributed by atoms with Gasteiger partial charge in [0.1, 0.15) is 11.9 Å². The Kier molecular flexibility index (Phi) is 10.5. The molecule has 15 heteroatoms. The maximum Gasteiger partial charge on any atom is 0.326 e. The number of nitrogens with zero attached hydrogens (tertiary/aromatic N) is 3. The number of fused-ring (bicyclic) bond motifs is 1. The highest BCUT2D eigenvalue weighted by Crippen LogP contribution is 2.27. The number of amides is 2. The van der Waals surface area contributed by atoms with Crippen LogP contribution in [0.4, 0.5) is 5.82 Å². The number of hydrogen-bond acceptors (Lipinski definition) is 8. The number of nitrogen functional groups attached to an aromatic ring is 1. The fourth-order valence-corrected chi connectivity index (χ4v) is 5.71. The number of likely N-dealkylation sites (tertiary alicyclic amines) is 1. The van der Waals surface area contributed by atoms with Crippen molar-refractivity contribution in [2.75, 3.05) is 17.5 Å². The van der Waals surface area contributed by atoms with Crippen LogP contribution in [-0.4, -0.2) is 65.0 Å². The van der Waals surface area contributed by atoms with Crippen LogP contribution in [0.3, 0.4) is 0 Å². The summed E-state index contributed by atoms with van der Waals surface area (Å²) in [6.45, 7) is 0.375. The third kappa shape index (κ3) is 7.72. The molecule has 0 radical (unpaired) electrons. The van der Waals surface area contributed by atoms with Crippen LogP contribution < -0.4 is 16.0 Å². The molecule has 5 N–H and O–H groups in total. The van der Waals surface area contributed by atoms with E-state index in [0.717, 1.165) is 19.1 Å². The van der Waals surface area contributed by atoms with Gasteiger partial charge in [-0.1, -0.05) is 35.6 Å². The van der Waals surface area contributed by atoms with Gasteiger partial charge in [0.05, 0.1) is 28.1 Å². The van der Waals surface area contributed by atoms with E-state index in [0.29, 0.717) is 51.8 Å². The second-order valence-corrected chi connectivity index (χ2v) is 12.5. The van der Waals surface area contributed by atoms with Crippen LogP contribution >= 0.6 is 24.0 Å². The van der Waals surface area contributed by atoms with Gasteiger partial charge in [-0.25, -0.2) is 29.0 Å². The number of nitrogens with one attached hydrogen (secondary N) is 2. The molecule has 1 atom stereocenters. The smallest absolute Gasteiger partial charge is 0.326 e. The largest absolute Gasteiger partial charge is 0.480 e. The molecule has 3 heterocycles. The average Bonchev–Trinajstić information content (AvgIpc) is 3.02. The van der Waals surface area contributed by atoms with E-state index in [-0.39, 0.29) is 34.7 Å². The Labute approximate surface area is 275 Å². The first-order valence-electron chi connectivity index (χ1n) is 13.7. The van der Waals surface area contributed by atoms with E-state index in [1.807, 2.05) is 0 Å². The SMILES string of the molecule is CS(=O)(=O)Nc1cc2nc(-c3ccc(C#Cc4ccc(C(=O)N5CCCC[C@H]5C(=O)O)cc4Cl)cc3)cc(C(=O)NN)c2cn1.Cl. The zero-order valence-corrected chi connectivity index (χ0v) is 26.7. The van der Waals surface area contributed by atoms with E-state index >= 15 is 0 Å². The molecule has 46 heavy (non-hydrogen) atoms. The number of pyridine rings is 2.